The molecule has 0 fully saturated rings. The largest absolute Gasteiger partial charge is 0.441 e. The molecular formula is C22H21Cl2N3O2. The highest BCUT2D eigenvalue weighted by Crippen LogP contribution is 2.32. The summed E-state index contributed by atoms with van der Waals surface area (Å²) in [5.74, 6) is 0.975. The van der Waals surface area contributed by atoms with Gasteiger partial charge in [-0.2, -0.15) is 0 Å². The molecule has 1 N–H and O–H groups in total. The van der Waals surface area contributed by atoms with Gasteiger partial charge < -0.3 is 14.6 Å². The van der Waals surface area contributed by atoms with Crippen LogP contribution < -0.4 is 10.2 Å². The molecule has 3 aromatic rings. The van der Waals surface area contributed by atoms with Crippen LogP contribution in [0.15, 0.2) is 47.0 Å². The van der Waals surface area contributed by atoms with Gasteiger partial charge in [0, 0.05) is 47.9 Å². The monoisotopic (exact) mass is 429 g/mol. The lowest BCUT2D eigenvalue weighted by molar-refractivity contribution is -0.116. The molecule has 0 aliphatic carbocycles. The number of aromatic nitrogens is 1. The molecule has 2 aromatic carbocycles. The predicted molar refractivity (Wildman–Crippen MR) is 117 cm³/mol. The van der Waals surface area contributed by atoms with Gasteiger partial charge in [-0.15, -0.1) is 0 Å². The lowest BCUT2D eigenvalue weighted by atomic mass is 10.1. The Kier molecular flexibility index (Phi) is 5.79. The topological polar surface area (TPSA) is 58.4 Å². The molecule has 0 radical (unpaired) electrons. The van der Waals surface area contributed by atoms with Gasteiger partial charge in [0.25, 0.3) is 0 Å². The quantitative estimate of drug-likeness (QED) is 0.553. The van der Waals surface area contributed by atoms with E-state index < -0.39 is 0 Å². The summed E-state index contributed by atoms with van der Waals surface area (Å²) < 4.78 is 5.75. The lowest BCUT2D eigenvalue weighted by Crippen LogP contribution is -2.19. The van der Waals surface area contributed by atoms with Crippen LogP contribution in [-0.4, -0.2) is 24.0 Å². The summed E-state index contributed by atoms with van der Waals surface area (Å²) in [6.07, 6.45) is 3.36. The molecule has 0 saturated heterocycles. The Labute approximate surface area is 179 Å². The van der Waals surface area contributed by atoms with Gasteiger partial charge in [-0.1, -0.05) is 29.3 Å². The minimum atomic E-state index is -0.0738. The van der Waals surface area contributed by atoms with Gasteiger partial charge >= 0.3 is 0 Å². The average Bonchev–Trinajstić information content (AvgIpc) is 3.33. The lowest BCUT2D eigenvalue weighted by Gasteiger charge is -2.17. The molecule has 5 nitrogen and oxygen atoms in total. The molecule has 0 unspecified atom stereocenters. The molecule has 1 aliphatic rings. The van der Waals surface area contributed by atoms with Gasteiger partial charge in [-0.3, -0.25) is 4.79 Å². The minimum Gasteiger partial charge on any atom is -0.441 e. The Hall–Kier alpha value is -2.50. The summed E-state index contributed by atoms with van der Waals surface area (Å²) in [6.45, 7) is 4.14. The van der Waals surface area contributed by atoms with Crippen molar-refractivity contribution in [3.8, 4) is 11.3 Å². The summed E-state index contributed by atoms with van der Waals surface area (Å²) in [7, 11) is 0. The van der Waals surface area contributed by atoms with Crippen LogP contribution in [0.2, 0.25) is 10.0 Å². The third-order valence-electron chi connectivity index (χ3n) is 5.06. The van der Waals surface area contributed by atoms with Crippen LogP contribution in [0, 0.1) is 0 Å². The Morgan fingerprint density at radius 2 is 2.10 bits per heavy atom. The van der Waals surface area contributed by atoms with E-state index in [0.717, 1.165) is 30.8 Å². The summed E-state index contributed by atoms with van der Waals surface area (Å²) in [6, 6.07) is 11.3. The first kappa shape index (κ1) is 19.8. The maximum absolute atomic E-state index is 12.4. The van der Waals surface area contributed by atoms with E-state index in [1.165, 1.54) is 11.3 Å². The van der Waals surface area contributed by atoms with Crippen LogP contribution >= 0.6 is 23.2 Å². The van der Waals surface area contributed by atoms with E-state index in [4.69, 9.17) is 27.6 Å². The molecule has 29 heavy (non-hydrogen) atoms. The fourth-order valence-electron chi connectivity index (χ4n) is 3.54. The zero-order valence-electron chi connectivity index (χ0n) is 16.0. The number of nitrogens with one attached hydrogen (secondary N) is 1. The fraction of sp³-hybridized carbons (Fsp3) is 0.273. The van der Waals surface area contributed by atoms with Crippen molar-refractivity contribution >= 4 is 40.5 Å². The first-order valence-corrected chi connectivity index (χ1v) is 10.4. The van der Waals surface area contributed by atoms with E-state index in [1.54, 1.807) is 24.4 Å². The Morgan fingerprint density at radius 3 is 2.90 bits per heavy atom. The van der Waals surface area contributed by atoms with Crippen molar-refractivity contribution in [2.24, 2.45) is 0 Å². The number of aryl methyl sites for hydroxylation is 1. The molecule has 0 bridgehead atoms. The molecule has 1 aromatic heterocycles. The van der Waals surface area contributed by atoms with E-state index in [1.807, 2.05) is 6.07 Å². The highest BCUT2D eigenvalue weighted by Gasteiger charge is 2.18. The number of hydrogen-bond donors (Lipinski definition) is 1. The molecule has 0 saturated carbocycles. The highest BCUT2D eigenvalue weighted by atomic mass is 35.5. The zero-order chi connectivity index (χ0) is 20.4. The van der Waals surface area contributed by atoms with Crippen molar-refractivity contribution in [2.75, 3.05) is 23.3 Å². The number of amides is 1. The summed E-state index contributed by atoms with van der Waals surface area (Å²) in [5, 5.41) is 4.02. The number of anilines is 2. The van der Waals surface area contributed by atoms with Crippen molar-refractivity contribution in [1.82, 2.24) is 4.98 Å². The van der Waals surface area contributed by atoms with Crippen LogP contribution in [0.3, 0.4) is 0 Å². The number of fused-ring (bicyclic) bond motifs is 1. The molecule has 2 heterocycles. The van der Waals surface area contributed by atoms with Gasteiger partial charge in [-0.25, -0.2) is 4.98 Å². The number of nitrogens with zero attached hydrogens (tertiary/aromatic N) is 2. The van der Waals surface area contributed by atoms with Gasteiger partial charge in [0.1, 0.15) is 0 Å². The smallest absolute Gasteiger partial charge is 0.224 e. The van der Waals surface area contributed by atoms with E-state index >= 15 is 0 Å². The van der Waals surface area contributed by atoms with Gasteiger partial charge in [0.05, 0.1) is 11.2 Å². The normalized spacial score (nSPS) is 12.9. The SMILES string of the molecule is CCN1CCc2ccc(NC(=O)CCc3ncc(-c4ccc(Cl)cc4Cl)o3)cc21. The number of likely N-dealkylation sites (N-methyl/N-ethyl adjacent to an activating group) is 1. The van der Waals surface area contributed by atoms with Crippen LogP contribution in [0.5, 0.6) is 0 Å². The standard InChI is InChI=1S/C22H21Cl2N3O2/c1-2-27-10-9-14-3-5-16(12-19(14)27)26-21(28)7-8-22-25-13-20(29-22)17-6-4-15(23)11-18(17)24/h3-6,11-13H,2,7-10H2,1H3,(H,26,28). The third-order valence-corrected chi connectivity index (χ3v) is 5.61. The summed E-state index contributed by atoms with van der Waals surface area (Å²) in [5.41, 5.74) is 4.08. The number of halogens is 2. The summed E-state index contributed by atoms with van der Waals surface area (Å²) in [4.78, 5) is 19.0. The van der Waals surface area contributed by atoms with Crippen LogP contribution in [-0.2, 0) is 17.6 Å². The first-order valence-electron chi connectivity index (χ1n) is 9.61. The molecule has 1 amide bonds. The molecule has 7 heteroatoms. The molecule has 1 aliphatic heterocycles. The minimum absolute atomic E-state index is 0.0738. The van der Waals surface area contributed by atoms with Crippen LogP contribution in [0.1, 0.15) is 24.8 Å². The van der Waals surface area contributed by atoms with Crippen molar-refractivity contribution in [2.45, 2.75) is 26.2 Å². The van der Waals surface area contributed by atoms with E-state index in [0.29, 0.717) is 28.1 Å². The Morgan fingerprint density at radius 1 is 1.24 bits per heavy atom. The van der Waals surface area contributed by atoms with E-state index in [9.17, 15) is 4.79 Å². The van der Waals surface area contributed by atoms with Crippen molar-refractivity contribution in [1.29, 1.82) is 0 Å². The number of oxazole rings is 1. The molecule has 0 spiro atoms. The van der Waals surface area contributed by atoms with Crippen molar-refractivity contribution in [3.05, 3.63) is 64.1 Å². The van der Waals surface area contributed by atoms with E-state index in [-0.39, 0.29) is 12.3 Å². The predicted octanol–water partition coefficient (Wildman–Crippen LogP) is 5.60. The first-order chi connectivity index (χ1) is 14.0. The number of carbonyl (C=O) groups excluding carboxylic acids is 1. The Balaban J connectivity index is 1.36. The molecule has 4 rings (SSSR count). The molecular weight excluding hydrogens is 409 g/mol. The van der Waals surface area contributed by atoms with Crippen LogP contribution in [0.4, 0.5) is 11.4 Å². The molecule has 0 atom stereocenters. The number of rotatable bonds is 6. The van der Waals surface area contributed by atoms with Crippen molar-refractivity contribution in [3.63, 3.8) is 0 Å². The maximum atomic E-state index is 12.4. The number of benzene rings is 2. The second-order valence-corrected chi connectivity index (χ2v) is 7.81. The van der Waals surface area contributed by atoms with Crippen LogP contribution in [0.25, 0.3) is 11.3 Å². The van der Waals surface area contributed by atoms with Gasteiger partial charge in [0.2, 0.25) is 5.91 Å². The maximum Gasteiger partial charge on any atom is 0.224 e. The number of carbonyl (C=O) groups is 1. The third kappa shape index (κ3) is 4.41. The van der Waals surface area contributed by atoms with Crippen molar-refractivity contribution < 1.29 is 9.21 Å². The highest BCUT2D eigenvalue weighted by molar-refractivity contribution is 6.36. The van der Waals surface area contributed by atoms with Gasteiger partial charge in [0.15, 0.2) is 11.7 Å². The van der Waals surface area contributed by atoms with Gasteiger partial charge in [-0.05, 0) is 49.2 Å². The number of hydrogen-bond acceptors (Lipinski definition) is 4. The fourth-order valence-corrected chi connectivity index (χ4v) is 4.04. The van der Waals surface area contributed by atoms with E-state index in [2.05, 4.69) is 34.3 Å². The molecule has 150 valence electrons. The second kappa shape index (κ2) is 8.47. The summed E-state index contributed by atoms with van der Waals surface area (Å²) >= 11 is 12.1. The average molecular weight is 430 g/mol. The Bertz CT molecular complexity index is 1050. The zero-order valence-corrected chi connectivity index (χ0v) is 17.6. The second-order valence-electron chi connectivity index (χ2n) is 6.96.